The molecule has 2 aromatic rings. The highest BCUT2D eigenvalue weighted by Gasteiger charge is 2.05. The van der Waals surface area contributed by atoms with E-state index in [0.717, 1.165) is 11.1 Å². The molecule has 0 aliphatic carbocycles. The summed E-state index contributed by atoms with van der Waals surface area (Å²) < 4.78 is 10.9. The van der Waals surface area contributed by atoms with Gasteiger partial charge in [0.25, 0.3) is 0 Å². The third-order valence-corrected chi connectivity index (χ3v) is 2.91. The summed E-state index contributed by atoms with van der Waals surface area (Å²) in [5, 5.41) is 9.34. The molecule has 2 rings (SSSR count). The van der Waals surface area contributed by atoms with E-state index in [9.17, 15) is 5.11 Å². The average molecular weight is 258 g/mol. The van der Waals surface area contributed by atoms with Gasteiger partial charge in [0, 0.05) is 5.56 Å². The van der Waals surface area contributed by atoms with Crippen molar-refractivity contribution in [2.75, 3.05) is 7.11 Å². The molecule has 0 amide bonds. The molecule has 0 radical (unpaired) electrons. The Morgan fingerprint density at radius 3 is 2.63 bits per heavy atom. The lowest BCUT2D eigenvalue weighted by molar-refractivity contribution is 0.258. The zero-order valence-electron chi connectivity index (χ0n) is 11.2. The van der Waals surface area contributed by atoms with E-state index < -0.39 is 0 Å². The maximum absolute atomic E-state index is 9.34. The minimum absolute atomic E-state index is 0.0691. The topological polar surface area (TPSA) is 38.7 Å². The van der Waals surface area contributed by atoms with Crippen LogP contribution in [0.5, 0.6) is 11.5 Å². The molecule has 0 bridgehead atoms. The standard InChI is InChI=1S/C16H18O3/c1-12-4-3-5-13(8-12)11-19-16-7-6-15(18-2)9-14(16)10-17/h3-9,17H,10-11H2,1-2H3. The van der Waals surface area contributed by atoms with Gasteiger partial charge < -0.3 is 14.6 Å². The van der Waals surface area contributed by atoms with Crippen molar-refractivity contribution >= 4 is 0 Å². The van der Waals surface area contributed by atoms with E-state index in [1.807, 2.05) is 24.3 Å². The minimum Gasteiger partial charge on any atom is -0.497 e. The molecule has 0 aliphatic rings. The lowest BCUT2D eigenvalue weighted by Gasteiger charge is -2.12. The SMILES string of the molecule is COc1ccc(OCc2cccc(C)c2)c(CO)c1. The van der Waals surface area contributed by atoms with E-state index >= 15 is 0 Å². The fourth-order valence-corrected chi connectivity index (χ4v) is 1.91. The number of methoxy groups -OCH3 is 1. The van der Waals surface area contributed by atoms with Gasteiger partial charge in [0.1, 0.15) is 18.1 Å². The first-order valence-corrected chi connectivity index (χ1v) is 6.19. The largest absolute Gasteiger partial charge is 0.497 e. The van der Waals surface area contributed by atoms with Crippen molar-refractivity contribution in [1.29, 1.82) is 0 Å². The van der Waals surface area contributed by atoms with E-state index in [4.69, 9.17) is 9.47 Å². The smallest absolute Gasteiger partial charge is 0.125 e. The molecule has 2 aromatic carbocycles. The first-order valence-electron chi connectivity index (χ1n) is 6.19. The van der Waals surface area contributed by atoms with Crippen molar-refractivity contribution in [2.45, 2.75) is 20.1 Å². The van der Waals surface area contributed by atoms with Gasteiger partial charge in [0.2, 0.25) is 0 Å². The molecule has 0 fully saturated rings. The Morgan fingerprint density at radius 1 is 1.11 bits per heavy atom. The molecule has 1 N–H and O–H groups in total. The highest BCUT2D eigenvalue weighted by molar-refractivity contribution is 5.40. The van der Waals surface area contributed by atoms with Crippen molar-refractivity contribution in [3.63, 3.8) is 0 Å². The molecular weight excluding hydrogens is 240 g/mol. The summed E-state index contributed by atoms with van der Waals surface area (Å²) in [4.78, 5) is 0. The summed E-state index contributed by atoms with van der Waals surface area (Å²) in [6.45, 7) is 2.47. The predicted molar refractivity (Wildman–Crippen MR) is 74.4 cm³/mol. The van der Waals surface area contributed by atoms with Crippen LogP contribution >= 0.6 is 0 Å². The fraction of sp³-hybridized carbons (Fsp3) is 0.250. The number of rotatable bonds is 5. The van der Waals surface area contributed by atoms with Crippen LogP contribution < -0.4 is 9.47 Å². The van der Waals surface area contributed by atoms with Crippen LogP contribution in [-0.2, 0) is 13.2 Å². The zero-order chi connectivity index (χ0) is 13.7. The molecular formula is C16H18O3. The molecule has 0 spiro atoms. The minimum atomic E-state index is -0.0691. The van der Waals surface area contributed by atoms with Crippen LogP contribution in [0.4, 0.5) is 0 Å². The summed E-state index contributed by atoms with van der Waals surface area (Å²) in [6, 6.07) is 13.6. The Labute approximate surface area is 113 Å². The summed E-state index contributed by atoms with van der Waals surface area (Å²) in [5.41, 5.74) is 3.05. The van der Waals surface area contributed by atoms with Crippen LogP contribution in [0.1, 0.15) is 16.7 Å². The van der Waals surface area contributed by atoms with Crippen LogP contribution in [0.15, 0.2) is 42.5 Å². The second kappa shape index (κ2) is 6.25. The Morgan fingerprint density at radius 2 is 1.95 bits per heavy atom. The second-order valence-corrected chi connectivity index (χ2v) is 4.41. The predicted octanol–water partition coefficient (Wildman–Crippen LogP) is 3.07. The third kappa shape index (κ3) is 3.48. The quantitative estimate of drug-likeness (QED) is 0.895. The van der Waals surface area contributed by atoms with Crippen molar-refractivity contribution in [3.05, 3.63) is 59.2 Å². The Hall–Kier alpha value is -2.00. The molecule has 0 saturated heterocycles. The molecule has 0 aromatic heterocycles. The summed E-state index contributed by atoms with van der Waals surface area (Å²) in [6.07, 6.45) is 0. The van der Waals surface area contributed by atoms with E-state index in [-0.39, 0.29) is 6.61 Å². The molecule has 3 nitrogen and oxygen atoms in total. The number of ether oxygens (including phenoxy) is 2. The van der Waals surface area contributed by atoms with Gasteiger partial charge in [-0.1, -0.05) is 29.8 Å². The van der Waals surface area contributed by atoms with Gasteiger partial charge >= 0.3 is 0 Å². The first-order chi connectivity index (χ1) is 9.22. The highest BCUT2D eigenvalue weighted by Crippen LogP contribution is 2.25. The van der Waals surface area contributed by atoms with Crippen LogP contribution in [0, 0.1) is 6.92 Å². The Balaban J connectivity index is 2.11. The molecule has 0 aliphatic heterocycles. The van der Waals surface area contributed by atoms with E-state index in [0.29, 0.717) is 18.1 Å². The molecule has 19 heavy (non-hydrogen) atoms. The number of hydrogen-bond donors (Lipinski definition) is 1. The summed E-state index contributed by atoms with van der Waals surface area (Å²) in [5.74, 6) is 1.40. The normalized spacial score (nSPS) is 10.3. The maximum Gasteiger partial charge on any atom is 0.125 e. The molecule has 0 unspecified atom stereocenters. The van der Waals surface area contributed by atoms with Gasteiger partial charge in [0.05, 0.1) is 13.7 Å². The van der Waals surface area contributed by atoms with Gasteiger partial charge in [-0.25, -0.2) is 0 Å². The van der Waals surface area contributed by atoms with Crippen molar-refractivity contribution in [3.8, 4) is 11.5 Å². The van der Waals surface area contributed by atoms with Gasteiger partial charge in [0.15, 0.2) is 0 Å². The molecule has 0 heterocycles. The number of aliphatic hydroxyl groups is 1. The Bertz CT molecular complexity index is 549. The zero-order valence-corrected chi connectivity index (χ0v) is 11.2. The number of hydrogen-bond acceptors (Lipinski definition) is 3. The van der Waals surface area contributed by atoms with Crippen molar-refractivity contribution in [1.82, 2.24) is 0 Å². The monoisotopic (exact) mass is 258 g/mol. The maximum atomic E-state index is 9.34. The molecule has 100 valence electrons. The second-order valence-electron chi connectivity index (χ2n) is 4.41. The average Bonchev–Trinajstić information content (AvgIpc) is 2.45. The lowest BCUT2D eigenvalue weighted by Crippen LogP contribution is -1.99. The van der Waals surface area contributed by atoms with Crippen LogP contribution in [0.25, 0.3) is 0 Å². The van der Waals surface area contributed by atoms with Crippen molar-refractivity contribution in [2.24, 2.45) is 0 Å². The summed E-state index contributed by atoms with van der Waals surface area (Å²) in [7, 11) is 1.60. The van der Waals surface area contributed by atoms with Gasteiger partial charge in [-0.2, -0.15) is 0 Å². The van der Waals surface area contributed by atoms with Crippen molar-refractivity contribution < 1.29 is 14.6 Å². The lowest BCUT2D eigenvalue weighted by atomic mass is 10.1. The van der Waals surface area contributed by atoms with Gasteiger partial charge in [-0.05, 0) is 30.7 Å². The van der Waals surface area contributed by atoms with E-state index in [1.165, 1.54) is 5.56 Å². The fourth-order valence-electron chi connectivity index (χ4n) is 1.91. The number of aryl methyl sites for hydroxylation is 1. The molecule has 0 atom stereocenters. The molecule has 0 saturated carbocycles. The van der Waals surface area contributed by atoms with Gasteiger partial charge in [-0.3, -0.25) is 0 Å². The Kier molecular flexibility index (Phi) is 4.42. The molecule has 3 heteroatoms. The van der Waals surface area contributed by atoms with Crippen LogP contribution in [0.3, 0.4) is 0 Å². The highest BCUT2D eigenvalue weighted by atomic mass is 16.5. The van der Waals surface area contributed by atoms with Crippen LogP contribution in [0.2, 0.25) is 0 Å². The van der Waals surface area contributed by atoms with E-state index in [1.54, 1.807) is 13.2 Å². The third-order valence-electron chi connectivity index (χ3n) is 2.91. The first kappa shape index (κ1) is 13.4. The number of aliphatic hydroxyl groups excluding tert-OH is 1. The summed E-state index contributed by atoms with van der Waals surface area (Å²) >= 11 is 0. The number of benzene rings is 2. The van der Waals surface area contributed by atoms with E-state index in [2.05, 4.69) is 19.1 Å². The van der Waals surface area contributed by atoms with Crippen LogP contribution in [-0.4, -0.2) is 12.2 Å². The van der Waals surface area contributed by atoms with Gasteiger partial charge in [-0.15, -0.1) is 0 Å².